The molecule has 0 radical (unpaired) electrons. The monoisotopic (exact) mass is 358 g/mol. The number of amides is 2. The third kappa shape index (κ3) is 4.83. The fraction of sp³-hybridized carbons (Fsp3) is 0.300. The average molecular weight is 359 g/mol. The van der Waals surface area contributed by atoms with E-state index >= 15 is 0 Å². The molecule has 0 spiro atoms. The molecule has 5 heteroatoms. The molecule has 0 aliphatic heterocycles. The molecule has 0 atom stereocenters. The third-order valence-corrected chi connectivity index (χ3v) is 4.24. The summed E-state index contributed by atoms with van der Waals surface area (Å²) in [5.41, 5.74) is 3.36. The summed E-state index contributed by atoms with van der Waals surface area (Å²) in [4.78, 5) is 26.0. The van der Waals surface area contributed by atoms with Crippen LogP contribution in [0, 0.1) is 6.92 Å². The lowest BCUT2D eigenvalue weighted by Gasteiger charge is -2.23. The van der Waals surface area contributed by atoms with Crippen molar-refractivity contribution in [1.82, 2.24) is 0 Å². The summed E-state index contributed by atoms with van der Waals surface area (Å²) in [5, 5.41) is 3.44. The summed E-state index contributed by atoms with van der Waals surface area (Å²) in [6.45, 7) is 7.40. The van der Waals surface area contributed by atoms with Gasteiger partial charge >= 0.3 is 0 Å². The van der Waals surface area contributed by atoms with Gasteiger partial charge in [0.05, 0.1) is 0 Å². The predicted octanol–water partition coefficient (Wildman–Crippen LogP) is 4.76. The number of hydrogen-bond donors (Lipinski definition) is 1. The van der Waals surface area contributed by atoms with Gasteiger partial charge in [0.2, 0.25) is 11.8 Å². The molecule has 2 rings (SSSR count). The molecule has 2 aromatic carbocycles. The highest BCUT2D eigenvalue weighted by Crippen LogP contribution is 2.26. The van der Waals surface area contributed by atoms with Gasteiger partial charge < -0.3 is 10.2 Å². The number of para-hydroxylation sites is 1. The maximum absolute atomic E-state index is 12.5. The van der Waals surface area contributed by atoms with Gasteiger partial charge in [-0.25, -0.2) is 0 Å². The maximum Gasteiger partial charge on any atom is 0.244 e. The number of hydrogen-bond acceptors (Lipinski definition) is 2. The van der Waals surface area contributed by atoms with Crippen molar-refractivity contribution in [1.29, 1.82) is 0 Å². The third-order valence-electron chi connectivity index (χ3n) is 4.00. The van der Waals surface area contributed by atoms with Gasteiger partial charge in [0.25, 0.3) is 0 Å². The maximum atomic E-state index is 12.5. The van der Waals surface area contributed by atoms with E-state index in [0.29, 0.717) is 10.7 Å². The number of benzene rings is 2. The largest absolute Gasteiger partial charge is 0.324 e. The predicted molar refractivity (Wildman–Crippen MR) is 103 cm³/mol. The van der Waals surface area contributed by atoms with E-state index in [1.54, 1.807) is 12.1 Å². The second-order valence-corrected chi connectivity index (χ2v) is 6.76. The van der Waals surface area contributed by atoms with E-state index in [1.165, 1.54) is 11.8 Å². The van der Waals surface area contributed by atoms with E-state index in [0.717, 1.165) is 16.8 Å². The van der Waals surface area contributed by atoms with Crippen LogP contribution in [0.25, 0.3) is 0 Å². The molecule has 0 saturated heterocycles. The lowest BCUT2D eigenvalue weighted by atomic mass is 10.0. The topological polar surface area (TPSA) is 49.4 Å². The first-order chi connectivity index (χ1) is 11.8. The Morgan fingerprint density at radius 1 is 1.16 bits per heavy atom. The van der Waals surface area contributed by atoms with Crippen molar-refractivity contribution >= 4 is 34.8 Å². The average Bonchev–Trinajstić information content (AvgIpc) is 2.55. The van der Waals surface area contributed by atoms with Crippen LogP contribution >= 0.6 is 11.6 Å². The van der Waals surface area contributed by atoms with Crippen molar-refractivity contribution in [2.24, 2.45) is 0 Å². The van der Waals surface area contributed by atoms with Gasteiger partial charge in [-0.05, 0) is 42.2 Å². The zero-order chi connectivity index (χ0) is 18.6. The first-order valence-corrected chi connectivity index (χ1v) is 8.60. The highest BCUT2D eigenvalue weighted by Gasteiger charge is 2.19. The van der Waals surface area contributed by atoms with Crippen molar-refractivity contribution < 1.29 is 9.59 Å². The van der Waals surface area contributed by atoms with Crippen molar-refractivity contribution in [2.45, 2.75) is 33.6 Å². The number of rotatable bonds is 5. The van der Waals surface area contributed by atoms with Crippen LogP contribution in [0.3, 0.4) is 0 Å². The highest BCUT2D eigenvalue weighted by molar-refractivity contribution is 6.31. The standard InChI is InChI=1S/C20H23ClN2O2/c1-13(2)17-7-5-6-8-18(17)22-20(25)12-23(15(4)24)19-11-16(21)10-9-14(19)3/h5-11,13H,12H2,1-4H3,(H,22,25). The Hall–Kier alpha value is -2.33. The van der Waals surface area contributed by atoms with E-state index in [2.05, 4.69) is 19.2 Å². The number of aryl methyl sites for hydroxylation is 1. The Kier molecular flexibility index (Phi) is 6.21. The fourth-order valence-corrected chi connectivity index (χ4v) is 2.85. The summed E-state index contributed by atoms with van der Waals surface area (Å²) in [6.07, 6.45) is 0. The van der Waals surface area contributed by atoms with E-state index in [-0.39, 0.29) is 24.3 Å². The SMILES string of the molecule is CC(=O)N(CC(=O)Nc1ccccc1C(C)C)c1cc(Cl)ccc1C. The van der Waals surface area contributed by atoms with Crippen LogP contribution in [0.2, 0.25) is 5.02 Å². The number of anilines is 2. The van der Waals surface area contributed by atoms with Crippen molar-refractivity contribution in [3.8, 4) is 0 Å². The van der Waals surface area contributed by atoms with Crippen LogP contribution < -0.4 is 10.2 Å². The van der Waals surface area contributed by atoms with Crippen LogP contribution in [0.1, 0.15) is 37.8 Å². The number of nitrogens with zero attached hydrogens (tertiary/aromatic N) is 1. The van der Waals surface area contributed by atoms with Gasteiger partial charge in [0.1, 0.15) is 6.54 Å². The molecule has 0 unspecified atom stereocenters. The molecule has 0 aromatic heterocycles. The second kappa shape index (κ2) is 8.17. The second-order valence-electron chi connectivity index (χ2n) is 6.33. The van der Waals surface area contributed by atoms with Crippen LogP contribution in [0.5, 0.6) is 0 Å². The minimum absolute atomic E-state index is 0.0665. The van der Waals surface area contributed by atoms with Gasteiger partial charge in [-0.15, -0.1) is 0 Å². The Balaban J connectivity index is 2.22. The number of carbonyl (C=O) groups excluding carboxylic acids is 2. The van der Waals surface area contributed by atoms with Gasteiger partial charge in [0, 0.05) is 23.3 Å². The molecular weight excluding hydrogens is 336 g/mol. The molecule has 0 heterocycles. The molecule has 0 aliphatic carbocycles. The number of carbonyl (C=O) groups is 2. The van der Waals surface area contributed by atoms with Crippen LogP contribution in [-0.4, -0.2) is 18.4 Å². The lowest BCUT2D eigenvalue weighted by Crippen LogP contribution is -2.37. The van der Waals surface area contributed by atoms with Crippen molar-refractivity contribution in [3.05, 3.63) is 58.6 Å². The van der Waals surface area contributed by atoms with Crippen LogP contribution in [0.15, 0.2) is 42.5 Å². The summed E-state index contributed by atoms with van der Waals surface area (Å²) in [7, 11) is 0. The Bertz CT molecular complexity index is 787. The summed E-state index contributed by atoms with van der Waals surface area (Å²) in [6, 6.07) is 13.0. The van der Waals surface area contributed by atoms with Crippen LogP contribution in [0.4, 0.5) is 11.4 Å². The molecule has 2 amide bonds. The zero-order valence-corrected chi connectivity index (χ0v) is 15.7. The van der Waals surface area contributed by atoms with Gasteiger partial charge in [0.15, 0.2) is 0 Å². The normalized spacial score (nSPS) is 10.6. The first-order valence-electron chi connectivity index (χ1n) is 8.22. The molecule has 0 aliphatic rings. The van der Waals surface area contributed by atoms with E-state index in [1.807, 2.05) is 37.3 Å². The van der Waals surface area contributed by atoms with Gasteiger partial charge in [-0.1, -0.05) is 49.7 Å². The highest BCUT2D eigenvalue weighted by atomic mass is 35.5. The Morgan fingerprint density at radius 3 is 2.48 bits per heavy atom. The zero-order valence-electron chi connectivity index (χ0n) is 15.0. The van der Waals surface area contributed by atoms with Crippen LogP contribution in [-0.2, 0) is 9.59 Å². The molecule has 25 heavy (non-hydrogen) atoms. The van der Waals surface area contributed by atoms with Gasteiger partial charge in [-0.3, -0.25) is 9.59 Å². The van der Waals surface area contributed by atoms with E-state index in [4.69, 9.17) is 11.6 Å². The molecule has 0 bridgehead atoms. The summed E-state index contributed by atoms with van der Waals surface area (Å²) in [5.74, 6) is -0.170. The summed E-state index contributed by atoms with van der Waals surface area (Å²) < 4.78 is 0. The fourth-order valence-electron chi connectivity index (χ4n) is 2.69. The molecule has 0 saturated carbocycles. The molecule has 4 nitrogen and oxygen atoms in total. The smallest absolute Gasteiger partial charge is 0.244 e. The molecule has 132 valence electrons. The van der Waals surface area contributed by atoms with E-state index in [9.17, 15) is 9.59 Å². The molecule has 0 fully saturated rings. The van der Waals surface area contributed by atoms with E-state index < -0.39 is 0 Å². The Labute approximate surface area is 153 Å². The minimum Gasteiger partial charge on any atom is -0.324 e. The summed E-state index contributed by atoms with van der Waals surface area (Å²) >= 11 is 6.05. The molecule has 1 N–H and O–H groups in total. The minimum atomic E-state index is -0.248. The quantitative estimate of drug-likeness (QED) is 0.837. The number of halogens is 1. The van der Waals surface area contributed by atoms with Crippen molar-refractivity contribution in [3.63, 3.8) is 0 Å². The Morgan fingerprint density at radius 2 is 1.84 bits per heavy atom. The van der Waals surface area contributed by atoms with Gasteiger partial charge in [-0.2, -0.15) is 0 Å². The molecular formula is C20H23ClN2O2. The first kappa shape index (κ1) is 19.0. The lowest BCUT2D eigenvalue weighted by molar-refractivity contribution is -0.120. The number of nitrogens with one attached hydrogen (secondary N) is 1. The molecule has 2 aromatic rings. The van der Waals surface area contributed by atoms with Crippen molar-refractivity contribution in [2.75, 3.05) is 16.8 Å².